The summed E-state index contributed by atoms with van der Waals surface area (Å²) in [5.41, 5.74) is 0.968. The second-order valence-electron chi connectivity index (χ2n) is 5.82. The molecule has 2 aromatic rings. The van der Waals surface area contributed by atoms with E-state index < -0.39 is 11.9 Å². The third kappa shape index (κ3) is 5.03. The van der Waals surface area contributed by atoms with E-state index in [9.17, 15) is 14.4 Å². The van der Waals surface area contributed by atoms with Gasteiger partial charge in [0, 0.05) is 11.1 Å². The number of methoxy groups -OCH3 is 1. The maximum atomic E-state index is 12.6. The fourth-order valence-electron chi connectivity index (χ4n) is 2.47. The van der Waals surface area contributed by atoms with E-state index in [1.54, 1.807) is 37.5 Å². The molecule has 29 heavy (non-hydrogen) atoms. The number of hydrogen-bond acceptors (Lipinski definition) is 7. The summed E-state index contributed by atoms with van der Waals surface area (Å²) in [7, 11) is 1.57. The van der Waals surface area contributed by atoms with Crippen LogP contribution in [0.5, 0.6) is 11.5 Å². The number of rotatable bonds is 6. The molecular formula is C20H14ClNO5S2. The predicted octanol–water partition coefficient (Wildman–Crippen LogP) is 3.97. The minimum absolute atomic E-state index is 0.0247. The van der Waals surface area contributed by atoms with Gasteiger partial charge in [-0.25, -0.2) is 4.79 Å². The van der Waals surface area contributed by atoms with Crippen LogP contribution in [0.2, 0.25) is 5.02 Å². The Kier molecular flexibility index (Phi) is 6.68. The number of thioether (sulfide) groups is 1. The summed E-state index contributed by atoms with van der Waals surface area (Å²) in [6.07, 6.45) is 2.24. The van der Waals surface area contributed by atoms with Crippen molar-refractivity contribution >= 4 is 64.1 Å². The minimum Gasteiger partial charge on any atom is -0.497 e. The molecule has 2 aromatic carbocycles. The molecule has 0 radical (unpaired) electrons. The highest BCUT2D eigenvalue weighted by molar-refractivity contribution is 8.26. The molecule has 1 heterocycles. The number of nitrogens with zero attached hydrogens (tertiary/aromatic N) is 1. The van der Waals surface area contributed by atoms with Crippen molar-refractivity contribution in [1.29, 1.82) is 0 Å². The van der Waals surface area contributed by atoms with Crippen molar-refractivity contribution < 1.29 is 23.9 Å². The highest BCUT2D eigenvalue weighted by Crippen LogP contribution is 2.33. The first-order valence-electron chi connectivity index (χ1n) is 8.26. The summed E-state index contributed by atoms with van der Waals surface area (Å²) < 4.78 is 10.6. The number of ether oxygens (including phenoxy) is 2. The molecule has 1 saturated heterocycles. The number of hydrogen-bond donors (Lipinski definition) is 0. The third-order valence-corrected chi connectivity index (χ3v) is 5.51. The molecule has 0 aliphatic carbocycles. The average molecular weight is 448 g/mol. The van der Waals surface area contributed by atoms with Gasteiger partial charge in [-0.1, -0.05) is 47.7 Å². The molecule has 6 nitrogen and oxygen atoms in total. The number of halogens is 1. The van der Waals surface area contributed by atoms with Gasteiger partial charge in [-0.3, -0.25) is 14.5 Å². The molecule has 0 aromatic heterocycles. The van der Waals surface area contributed by atoms with Gasteiger partial charge in [0.1, 0.15) is 22.4 Å². The maximum absolute atomic E-state index is 12.6. The van der Waals surface area contributed by atoms with Gasteiger partial charge in [0.15, 0.2) is 6.29 Å². The molecule has 1 fully saturated rings. The first-order valence-corrected chi connectivity index (χ1v) is 9.86. The van der Waals surface area contributed by atoms with Crippen molar-refractivity contribution in [2.45, 2.75) is 0 Å². The van der Waals surface area contributed by atoms with E-state index >= 15 is 0 Å². The minimum atomic E-state index is -0.739. The molecule has 0 saturated carbocycles. The van der Waals surface area contributed by atoms with Crippen LogP contribution >= 0.6 is 35.6 Å². The molecule has 1 amide bonds. The molecule has 1 aliphatic rings. The Hall–Kier alpha value is -2.68. The van der Waals surface area contributed by atoms with Gasteiger partial charge in [0.05, 0.1) is 17.6 Å². The zero-order valence-corrected chi connectivity index (χ0v) is 17.5. The molecule has 0 atom stereocenters. The molecule has 0 N–H and O–H groups in total. The van der Waals surface area contributed by atoms with Crippen LogP contribution in [0.15, 0.2) is 47.4 Å². The quantitative estimate of drug-likeness (QED) is 0.218. The molecule has 0 bridgehead atoms. The molecular weight excluding hydrogens is 434 g/mol. The summed E-state index contributed by atoms with van der Waals surface area (Å²) in [5, 5.41) is 0.312. The Morgan fingerprint density at radius 1 is 1.24 bits per heavy atom. The van der Waals surface area contributed by atoms with E-state index in [1.807, 2.05) is 0 Å². The van der Waals surface area contributed by atoms with Crippen LogP contribution in [0.3, 0.4) is 0 Å². The topological polar surface area (TPSA) is 72.9 Å². The Morgan fingerprint density at radius 2 is 1.97 bits per heavy atom. The van der Waals surface area contributed by atoms with Gasteiger partial charge in [0.25, 0.3) is 5.91 Å². The predicted molar refractivity (Wildman–Crippen MR) is 115 cm³/mol. The van der Waals surface area contributed by atoms with Gasteiger partial charge in [-0.15, -0.1) is 0 Å². The average Bonchev–Trinajstić information content (AvgIpc) is 2.96. The lowest BCUT2D eigenvalue weighted by Crippen LogP contribution is -2.35. The number of benzene rings is 2. The van der Waals surface area contributed by atoms with Crippen LogP contribution in [0.1, 0.15) is 15.9 Å². The summed E-state index contributed by atoms with van der Waals surface area (Å²) in [6, 6.07) is 11.5. The number of amides is 1. The molecule has 9 heteroatoms. The van der Waals surface area contributed by atoms with Crippen molar-refractivity contribution in [1.82, 2.24) is 4.90 Å². The Balaban J connectivity index is 1.71. The highest BCUT2D eigenvalue weighted by atomic mass is 35.5. The molecule has 0 unspecified atom stereocenters. The van der Waals surface area contributed by atoms with Crippen molar-refractivity contribution in [2.75, 3.05) is 13.7 Å². The van der Waals surface area contributed by atoms with E-state index in [4.69, 9.17) is 33.3 Å². The van der Waals surface area contributed by atoms with Gasteiger partial charge >= 0.3 is 5.97 Å². The van der Waals surface area contributed by atoms with Gasteiger partial charge in [0.2, 0.25) is 0 Å². The van der Waals surface area contributed by atoms with Crippen LogP contribution in [0.4, 0.5) is 0 Å². The lowest BCUT2D eigenvalue weighted by Gasteiger charge is -2.14. The van der Waals surface area contributed by atoms with Crippen LogP contribution in [-0.2, 0) is 9.59 Å². The lowest BCUT2D eigenvalue weighted by atomic mass is 10.2. The molecule has 3 rings (SSSR count). The van der Waals surface area contributed by atoms with Gasteiger partial charge in [-0.05, 0) is 35.9 Å². The largest absolute Gasteiger partial charge is 0.497 e. The zero-order valence-electron chi connectivity index (χ0n) is 15.1. The Bertz CT molecular complexity index is 1020. The maximum Gasteiger partial charge on any atom is 0.331 e. The number of carbonyl (C=O) groups is 3. The molecule has 1 aliphatic heterocycles. The summed E-state index contributed by atoms with van der Waals surface area (Å²) in [5.74, 6) is -0.406. The van der Waals surface area contributed by atoms with Crippen LogP contribution in [-0.4, -0.2) is 41.0 Å². The van der Waals surface area contributed by atoms with Crippen LogP contribution in [0.25, 0.3) is 6.08 Å². The normalized spacial score (nSPS) is 15.0. The number of thiocarbonyl (C=S) groups is 1. The monoisotopic (exact) mass is 447 g/mol. The fourth-order valence-corrected chi connectivity index (χ4v) is 3.88. The third-order valence-electron chi connectivity index (χ3n) is 3.90. The second kappa shape index (κ2) is 9.21. The van der Waals surface area contributed by atoms with Crippen molar-refractivity contribution in [3.63, 3.8) is 0 Å². The van der Waals surface area contributed by atoms with Crippen molar-refractivity contribution in [2.24, 2.45) is 0 Å². The molecule has 0 spiro atoms. The summed E-state index contributed by atoms with van der Waals surface area (Å²) in [6.45, 7) is -0.380. The smallest absolute Gasteiger partial charge is 0.331 e. The first-order chi connectivity index (χ1) is 13.9. The lowest BCUT2D eigenvalue weighted by molar-refractivity contribution is -0.138. The van der Waals surface area contributed by atoms with E-state index in [-0.39, 0.29) is 22.2 Å². The van der Waals surface area contributed by atoms with Gasteiger partial charge < -0.3 is 9.47 Å². The highest BCUT2D eigenvalue weighted by Gasteiger charge is 2.34. The van der Waals surface area contributed by atoms with E-state index in [0.717, 1.165) is 22.2 Å². The van der Waals surface area contributed by atoms with E-state index in [0.29, 0.717) is 22.0 Å². The van der Waals surface area contributed by atoms with Crippen molar-refractivity contribution in [3.05, 3.63) is 63.5 Å². The standard InChI is InChI=1S/C20H14ClNO5S2/c1-26-15-6-2-12(3-7-15)8-17-19(25)22(20(28)29-17)10-18(24)27-16-9-14(21)5-4-13(16)11-23/h2-9,11H,10H2,1H3/b17-8-. The van der Waals surface area contributed by atoms with E-state index in [1.165, 1.54) is 18.2 Å². The summed E-state index contributed by atoms with van der Waals surface area (Å²) >= 11 is 12.2. The number of aldehydes is 1. The number of carbonyl (C=O) groups excluding carboxylic acids is 3. The van der Waals surface area contributed by atoms with Crippen molar-refractivity contribution in [3.8, 4) is 11.5 Å². The molecule has 148 valence electrons. The number of esters is 1. The zero-order chi connectivity index (χ0) is 21.0. The summed E-state index contributed by atoms with van der Waals surface area (Å²) in [4.78, 5) is 37.6. The first kappa shape index (κ1) is 21.0. The van der Waals surface area contributed by atoms with Gasteiger partial charge in [-0.2, -0.15) is 0 Å². The van der Waals surface area contributed by atoms with Crippen LogP contribution in [0, 0.1) is 0 Å². The Labute approximate surface area is 181 Å². The fraction of sp³-hybridized carbons (Fsp3) is 0.100. The van der Waals surface area contributed by atoms with E-state index in [2.05, 4.69) is 0 Å². The SMILES string of the molecule is COc1ccc(/C=C2\SC(=S)N(CC(=O)Oc3cc(Cl)ccc3C=O)C2=O)cc1. The van der Waals surface area contributed by atoms with Crippen LogP contribution < -0.4 is 9.47 Å². The Morgan fingerprint density at radius 3 is 2.62 bits per heavy atom. The second-order valence-corrected chi connectivity index (χ2v) is 7.93.